The van der Waals surface area contributed by atoms with Crippen LogP contribution in [0, 0.1) is 0 Å². The van der Waals surface area contributed by atoms with Gasteiger partial charge in [-0.2, -0.15) is 4.98 Å². The van der Waals surface area contributed by atoms with Crippen LogP contribution in [0.5, 0.6) is 5.88 Å². The molecule has 3 N–H and O–H groups in total. The molecule has 0 aromatic carbocycles. The lowest BCUT2D eigenvalue weighted by Gasteiger charge is -2.22. The molecule has 0 bridgehead atoms. The van der Waals surface area contributed by atoms with Gasteiger partial charge in [-0.15, -0.1) is 0 Å². The van der Waals surface area contributed by atoms with Gasteiger partial charge in [0.1, 0.15) is 11.9 Å². The monoisotopic (exact) mass is 254 g/mol. The molecule has 1 saturated carbocycles. The number of nitrogens with zero attached hydrogens (tertiary/aromatic N) is 2. The van der Waals surface area contributed by atoms with E-state index in [4.69, 9.17) is 10.6 Å². The molecule has 6 heteroatoms. The van der Waals surface area contributed by atoms with E-state index in [1.807, 2.05) is 6.26 Å². The Morgan fingerprint density at radius 2 is 2.12 bits per heavy atom. The third-order valence-electron chi connectivity index (χ3n) is 2.85. The molecule has 0 atom stereocenters. The smallest absolute Gasteiger partial charge is 0.219 e. The molecule has 5 nitrogen and oxygen atoms in total. The Balaban J connectivity index is 2.07. The van der Waals surface area contributed by atoms with E-state index in [0.717, 1.165) is 12.8 Å². The number of nitrogens with two attached hydrogens (primary N) is 1. The van der Waals surface area contributed by atoms with Crippen LogP contribution in [-0.2, 0) is 0 Å². The number of hydrogen-bond donors (Lipinski definition) is 2. The Kier molecular flexibility index (Phi) is 4.44. The lowest BCUT2D eigenvalue weighted by molar-refractivity contribution is 0.147. The molecule has 0 aliphatic heterocycles. The first kappa shape index (κ1) is 12.4. The summed E-state index contributed by atoms with van der Waals surface area (Å²) < 4.78 is 5.88. The lowest BCUT2D eigenvalue weighted by Crippen LogP contribution is -2.20. The fourth-order valence-corrected chi connectivity index (χ4v) is 2.35. The van der Waals surface area contributed by atoms with Crippen molar-refractivity contribution in [3.8, 4) is 5.88 Å². The first-order chi connectivity index (χ1) is 8.31. The van der Waals surface area contributed by atoms with E-state index in [0.29, 0.717) is 23.0 Å². The van der Waals surface area contributed by atoms with E-state index in [1.165, 1.54) is 31.0 Å². The van der Waals surface area contributed by atoms with E-state index in [1.54, 1.807) is 6.07 Å². The standard InChI is InChI=1S/C11H18N4OS/c1-17-11-13-9(15-12)7-10(14-11)16-8-5-3-2-4-6-8/h7-8H,2-6,12H2,1H3,(H,13,14,15). The highest BCUT2D eigenvalue weighted by molar-refractivity contribution is 7.98. The van der Waals surface area contributed by atoms with E-state index in [2.05, 4.69) is 15.4 Å². The largest absolute Gasteiger partial charge is 0.474 e. The van der Waals surface area contributed by atoms with Crippen LogP contribution >= 0.6 is 11.8 Å². The Morgan fingerprint density at radius 3 is 2.76 bits per heavy atom. The Bertz CT molecular complexity index is 346. The summed E-state index contributed by atoms with van der Waals surface area (Å²) in [4.78, 5) is 8.53. The average molecular weight is 254 g/mol. The van der Waals surface area contributed by atoms with Crippen molar-refractivity contribution in [3.05, 3.63) is 6.07 Å². The van der Waals surface area contributed by atoms with Crippen LogP contribution in [0.25, 0.3) is 0 Å². The molecular formula is C11H18N4OS. The van der Waals surface area contributed by atoms with Gasteiger partial charge in [0.05, 0.1) is 0 Å². The van der Waals surface area contributed by atoms with Gasteiger partial charge in [-0.25, -0.2) is 10.8 Å². The van der Waals surface area contributed by atoms with Crippen molar-refractivity contribution >= 4 is 17.6 Å². The summed E-state index contributed by atoms with van der Waals surface area (Å²) in [5.41, 5.74) is 2.53. The quantitative estimate of drug-likeness (QED) is 0.371. The summed E-state index contributed by atoms with van der Waals surface area (Å²) in [7, 11) is 0. The average Bonchev–Trinajstić information content (AvgIpc) is 2.39. The van der Waals surface area contributed by atoms with Crippen molar-refractivity contribution in [1.29, 1.82) is 0 Å². The van der Waals surface area contributed by atoms with Gasteiger partial charge in [0.15, 0.2) is 5.16 Å². The summed E-state index contributed by atoms with van der Waals surface area (Å²) in [6.07, 6.45) is 8.25. The van der Waals surface area contributed by atoms with Gasteiger partial charge in [-0.3, -0.25) is 0 Å². The van der Waals surface area contributed by atoms with Gasteiger partial charge < -0.3 is 10.2 Å². The molecule has 1 aromatic heterocycles. The molecule has 1 aromatic rings. The number of thioether (sulfide) groups is 1. The summed E-state index contributed by atoms with van der Waals surface area (Å²) in [6, 6.07) is 1.74. The van der Waals surface area contributed by atoms with Crippen molar-refractivity contribution < 1.29 is 4.74 Å². The Labute approximate surface area is 106 Å². The van der Waals surface area contributed by atoms with E-state index in [-0.39, 0.29) is 0 Å². The third-order valence-corrected chi connectivity index (χ3v) is 3.40. The van der Waals surface area contributed by atoms with Crippen molar-refractivity contribution in [2.24, 2.45) is 5.84 Å². The Hall–Kier alpha value is -1.01. The molecule has 1 heterocycles. The lowest BCUT2D eigenvalue weighted by atomic mass is 9.98. The molecular weight excluding hydrogens is 236 g/mol. The van der Waals surface area contributed by atoms with Crippen LogP contribution in [-0.4, -0.2) is 22.3 Å². The van der Waals surface area contributed by atoms with Gasteiger partial charge in [-0.1, -0.05) is 18.2 Å². The number of rotatable bonds is 4. The van der Waals surface area contributed by atoms with Crippen molar-refractivity contribution in [3.63, 3.8) is 0 Å². The number of nitrogen functional groups attached to an aromatic ring is 1. The molecule has 94 valence electrons. The molecule has 0 unspecified atom stereocenters. The predicted octanol–water partition coefficient (Wildman–Crippen LogP) is 2.20. The van der Waals surface area contributed by atoms with E-state index >= 15 is 0 Å². The maximum Gasteiger partial charge on any atom is 0.219 e. The van der Waals surface area contributed by atoms with Crippen LogP contribution < -0.4 is 16.0 Å². The summed E-state index contributed by atoms with van der Waals surface area (Å²) in [5.74, 6) is 6.58. The fraction of sp³-hybridized carbons (Fsp3) is 0.636. The zero-order valence-electron chi connectivity index (χ0n) is 9.98. The van der Waals surface area contributed by atoms with Gasteiger partial charge in [0, 0.05) is 6.07 Å². The van der Waals surface area contributed by atoms with Gasteiger partial charge >= 0.3 is 0 Å². The minimum Gasteiger partial charge on any atom is -0.474 e. The molecule has 0 spiro atoms. The molecule has 0 amide bonds. The number of hydrazine groups is 1. The van der Waals surface area contributed by atoms with Crippen molar-refractivity contribution in [2.75, 3.05) is 11.7 Å². The van der Waals surface area contributed by atoms with Crippen LogP contribution in [0.2, 0.25) is 0 Å². The number of nitrogens with one attached hydrogen (secondary N) is 1. The van der Waals surface area contributed by atoms with Crippen LogP contribution in [0.4, 0.5) is 5.82 Å². The number of anilines is 1. The van der Waals surface area contributed by atoms with E-state index in [9.17, 15) is 0 Å². The molecule has 17 heavy (non-hydrogen) atoms. The third kappa shape index (κ3) is 3.47. The van der Waals surface area contributed by atoms with Gasteiger partial charge in [-0.05, 0) is 31.9 Å². The van der Waals surface area contributed by atoms with Gasteiger partial charge in [0.25, 0.3) is 0 Å². The van der Waals surface area contributed by atoms with Crippen molar-refractivity contribution in [2.45, 2.75) is 43.4 Å². The zero-order chi connectivity index (χ0) is 12.1. The molecule has 2 rings (SSSR count). The second-order valence-electron chi connectivity index (χ2n) is 4.10. The summed E-state index contributed by atoms with van der Waals surface area (Å²) in [5, 5.41) is 0.672. The zero-order valence-corrected chi connectivity index (χ0v) is 10.8. The maximum absolute atomic E-state index is 5.88. The topological polar surface area (TPSA) is 73.1 Å². The molecule has 0 saturated heterocycles. The van der Waals surface area contributed by atoms with Gasteiger partial charge in [0.2, 0.25) is 5.88 Å². The second kappa shape index (κ2) is 6.07. The molecule has 0 radical (unpaired) electrons. The van der Waals surface area contributed by atoms with Crippen LogP contribution in [0.3, 0.4) is 0 Å². The summed E-state index contributed by atoms with van der Waals surface area (Å²) >= 11 is 1.48. The first-order valence-electron chi connectivity index (χ1n) is 5.88. The highest BCUT2D eigenvalue weighted by Gasteiger charge is 2.16. The summed E-state index contributed by atoms with van der Waals surface area (Å²) in [6.45, 7) is 0. The van der Waals surface area contributed by atoms with Crippen molar-refractivity contribution in [1.82, 2.24) is 9.97 Å². The SMILES string of the molecule is CSc1nc(NN)cc(OC2CCCCC2)n1. The second-order valence-corrected chi connectivity index (χ2v) is 4.87. The highest BCUT2D eigenvalue weighted by Crippen LogP contribution is 2.24. The first-order valence-corrected chi connectivity index (χ1v) is 7.10. The fourth-order valence-electron chi connectivity index (χ4n) is 1.98. The highest BCUT2D eigenvalue weighted by atomic mass is 32.2. The minimum atomic E-state index is 0.291. The Morgan fingerprint density at radius 1 is 1.35 bits per heavy atom. The molecule has 1 aliphatic rings. The number of aromatic nitrogens is 2. The van der Waals surface area contributed by atoms with Crippen LogP contribution in [0.1, 0.15) is 32.1 Å². The van der Waals surface area contributed by atoms with E-state index < -0.39 is 0 Å². The number of hydrogen-bond acceptors (Lipinski definition) is 6. The normalized spacial score (nSPS) is 16.8. The number of ether oxygens (including phenoxy) is 1. The minimum absolute atomic E-state index is 0.291. The molecule has 1 aliphatic carbocycles. The molecule has 1 fully saturated rings. The predicted molar refractivity (Wildman–Crippen MR) is 69.1 cm³/mol. The maximum atomic E-state index is 5.88. The van der Waals surface area contributed by atoms with Crippen LogP contribution in [0.15, 0.2) is 11.2 Å².